The smallest absolute Gasteiger partial charge is 0.416 e. The first-order chi connectivity index (χ1) is 9.40. The normalized spacial score (nSPS) is 11.7. The maximum absolute atomic E-state index is 12.4. The number of hydrogen-bond donors (Lipinski definition) is 1. The molecule has 0 aliphatic carbocycles. The monoisotopic (exact) mass is 285 g/mol. The third kappa shape index (κ3) is 3.33. The summed E-state index contributed by atoms with van der Waals surface area (Å²) in [5, 5.41) is 0. The number of halogens is 3. The van der Waals surface area contributed by atoms with Crippen molar-refractivity contribution in [3.63, 3.8) is 0 Å². The molecule has 2 N–H and O–H groups in total. The highest BCUT2D eigenvalue weighted by Gasteiger charge is 2.30. The van der Waals surface area contributed by atoms with Crippen LogP contribution >= 0.6 is 0 Å². The molecule has 0 unspecified atom stereocenters. The molecule has 1 heterocycles. The zero-order valence-corrected chi connectivity index (χ0v) is 10.8. The van der Waals surface area contributed by atoms with Crippen LogP contribution in [0.1, 0.15) is 22.6 Å². The van der Waals surface area contributed by atoms with Gasteiger partial charge in [0.25, 0.3) is 0 Å². The van der Waals surface area contributed by atoms with Crippen molar-refractivity contribution >= 4 is 0 Å². The van der Waals surface area contributed by atoms with Gasteiger partial charge in [-0.15, -0.1) is 0 Å². The predicted octanol–water partition coefficient (Wildman–Crippen LogP) is 3.64. The third-order valence-corrected chi connectivity index (χ3v) is 2.85. The average Bonchev–Trinajstić information content (AvgIpc) is 2.76. The van der Waals surface area contributed by atoms with Gasteiger partial charge in [0.05, 0.1) is 12.1 Å². The summed E-state index contributed by atoms with van der Waals surface area (Å²) in [6, 6.07) is 6.34. The van der Waals surface area contributed by atoms with Crippen LogP contribution in [0.3, 0.4) is 0 Å². The second-order valence-electron chi connectivity index (χ2n) is 4.31. The van der Waals surface area contributed by atoms with Gasteiger partial charge in [0.1, 0.15) is 23.9 Å². The van der Waals surface area contributed by atoms with Gasteiger partial charge in [-0.1, -0.05) is 0 Å². The van der Waals surface area contributed by atoms with Crippen LogP contribution in [0.5, 0.6) is 5.75 Å². The fraction of sp³-hybridized carbons (Fsp3) is 0.286. The standard InChI is InChI=1S/C14H14F3NO2/c1-9-10(6-13(7-18)20-9)8-19-12-4-2-11(3-5-12)14(15,16)17/h2-6H,7-8,18H2,1H3. The maximum Gasteiger partial charge on any atom is 0.416 e. The largest absolute Gasteiger partial charge is 0.489 e. The van der Waals surface area contributed by atoms with E-state index in [1.165, 1.54) is 12.1 Å². The van der Waals surface area contributed by atoms with Gasteiger partial charge in [-0.3, -0.25) is 0 Å². The van der Waals surface area contributed by atoms with Gasteiger partial charge in [0.2, 0.25) is 0 Å². The lowest BCUT2D eigenvalue weighted by molar-refractivity contribution is -0.137. The van der Waals surface area contributed by atoms with Crippen molar-refractivity contribution in [1.82, 2.24) is 0 Å². The zero-order valence-electron chi connectivity index (χ0n) is 10.8. The molecule has 1 aromatic heterocycles. The molecule has 0 aliphatic heterocycles. The SMILES string of the molecule is Cc1oc(CN)cc1COc1ccc(C(F)(F)F)cc1. The number of hydrogen-bond acceptors (Lipinski definition) is 3. The lowest BCUT2D eigenvalue weighted by Gasteiger charge is -2.08. The summed E-state index contributed by atoms with van der Waals surface area (Å²) in [4.78, 5) is 0. The summed E-state index contributed by atoms with van der Waals surface area (Å²) in [7, 11) is 0. The quantitative estimate of drug-likeness (QED) is 0.932. The van der Waals surface area contributed by atoms with Crippen LogP contribution < -0.4 is 10.5 Å². The molecule has 2 rings (SSSR count). The van der Waals surface area contributed by atoms with Crippen LogP contribution in [0.15, 0.2) is 34.7 Å². The minimum Gasteiger partial charge on any atom is -0.489 e. The van der Waals surface area contributed by atoms with Gasteiger partial charge in [-0.25, -0.2) is 0 Å². The Hall–Kier alpha value is -1.95. The van der Waals surface area contributed by atoms with E-state index >= 15 is 0 Å². The molecule has 0 saturated carbocycles. The third-order valence-electron chi connectivity index (χ3n) is 2.85. The number of rotatable bonds is 4. The minimum atomic E-state index is -4.34. The van der Waals surface area contributed by atoms with Crippen molar-refractivity contribution in [2.45, 2.75) is 26.3 Å². The molecule has 20 heavy (non-hydrogen) atoms. The second-order valence-corrected chi connectivity index (χ2v) is 4.31. The van der Waals surface area contributed by atoms with Crippen molar-refractivity contribution in [1.29, 1.82) is 0 Å². The first kappa shape index (κ1) is 14.5. The van der Waals surface area contributed by atoms with Crippen molar-refractivity contribution in [3.8, 4) is 5.75 Å². The Kier molecular flexibility index (Phi) is 4.04. The van der Waals surface area contributed by atoms with E-state index in [1.54, 1.807) is 13.0 Å². The van der Waals surface area contributed by atoms with Gasteiger partial charge in [-0.05, 0) is 37.3 Å². The summed E-state index contributed by atoms with van der Waals surface area (Å²) in [5.74, 6) is 1.71. The Bertz CT molecular complexity index is 573. The molecule has 0 atom stereocenters. The van der Waals surface area contributed by atoms with Crippen LogP contribution in [0.25, 0.3) is 0 Å². The Morgan fingerprint density at radius 2 is 1.85 bits per heavy atom. The van der Waals surface area contributed by atoms with E-state index in [4.69, 9.17) is 14.9 Å². The van der Waals surface area contributed by atoms with Crippen LogP contribution in [0, 0.1) is 6.92 Å². The highest BCUT2D eigenvalue weighted by atomic mass is 19.4. The Labute approximate surface area is 114 Å². The Morgan fingerprint density at radius 3 is 2.35 bits per heavy atom. The molecule has 2 aromatic rings. The molecule has 0 fully saturated rings. The lowest BCUT2D eigenvalue weighted by Crippen LogP contribution is -2.04. The lowest BCUT2D eigenvalue weighted by atomic mass is 10.2. The Balaban J connectivity index is 2.02. The van der Waals surface area contributed by atoms with E-state index in [9.17, 15) is 13.2 Å². The van der Waals surface area contributed by atoms with Crippen LogP contribution in [0.4, 0.5) is 13.2 Å². The topological polar surface area (TPSA) is 48.4 Å². The first-order valence-electron chi connectivity index (χ1n) is 5.98. The molecule has 0 saturated heterocycles. The minimum absolute atomic E-state index is 0.223. The molecule has 108 valence electrons. The van der Waals surface area contributed by atoms with E-state index in [0.717, 1.165) is 17.7 Å². The van der Waals surface area contributed by atoms with Crippen LogP contribution in [-0.2, 0) is 19.3 Å². The number of alkyl halides is 3. The fourth-order valence-corrected chi connectivity index (χ4v) is 1.73. The molecule has 3 nitrogen and oxygen atoms in total. The predicted molar refractivity (Wildman–Crippen MR) is 67.1 cm³/mol. The van der Waals surface area contributed by atoms with Crippen molar-refractivity contribution in [2.75, 3.05) is 0 Å². The van der Waals surface area contributed by atoms with Gasteiger partial charge in [-0.2, -0.15) is 13.2 Å². The second kappa shape index (κ2) is 5.58. The summed E-state index contributed by atoms with van der Waals surface area (Å²) < 4.78 is 48.0. The number of furan rings is 1. The van der Waals surface area contributed by atoms with Gasteiger partial charge < -0.3 is 14.9 Å². The van der Waals surface area contributed by atoms with Gasteiger partial charge in [0.15, 0.2) is 0 Å². The molecule has 0 amide bonds. The van der Waals surface area contributed by atoms with Crippen molar-refractivity contribution < 1.29 is 22.3 Å². The number of ether oxygens (including phenoxy) is 1. The summed E-state index contributed by atoms with van der Waals surface area (Å²) >= 11 is 0. The van der Waals surface area contributed by atoms with Crippen molar-refractivity contribution in [3.05, 3.63) is 53.0 Å². The van der Waals surface area contributed by atoms with E-state index < -0.39 is 11.7 Å². The Morgan fingerprint density at radius 1 is 1.20 bits per heavy atom. The molecule has 1 aromatic carbocycles. The molecule has 0 aliphatic rings. The van der Waals surface area contributed by atoms with E-state index in [2.05, 4.69) is 0 Å². The van der Waals surface area contributed by atoms with Crippen LogP contribution in [-0.4, -0.2) is 0 Å². The van der Waals surface area contributed by atoms with Crippen LogP contribution in [0.2, 0.25) is 0 Å². The number of benzene rings is 1. The molecular weight excluding hydrogens is 271 g/mol. The van der Waals surface area contributed by atoms with Gasteiger partial charge >= 0.3 is 6.18 Å². The molecule has 0 radical (unpaired) electrons. The number of nitrogens with two attached hydrogens (primary N) is 1. The maximum atomic E-state index is 12.4. The van der Waals surface area contributed by atoms with Gasteiger partial charge in [0, 0.05) is 5.56 Å². The average molecular weight is 285 g/mol. The number of aryl methyl sites for hydroxylation is 1. The van der Waals surface area contributed by atoms with Crippen molar-refractivity contribution in [2.24, 2.45) is 5.73 Å². The summed E-state index contributed by atoms with van der Waals surface area (Å²) in [6.45, 7) is 2.30. The van der Waals surface area contributed by atoms with E-state index in [1.807, 2.05) is 0 Å². The molecule has 0 bridgehead atoms. The first-order valence-corrected chi connectivity index (χ1v) is 5.98. The molecule has 0 spiro atoms. The van der Waals surface area contributed by atoms with E-state index in [-0.39, 0.29) is 6.61 Å². The van der Waals surface area contributed by atoms with E-state index in [0.29, 0.717) is 23.8 Å². The highest BCUT2D eigenvalue weighted by Crippen LogP contribution is 2.30. The summed E-state index contributed by atoms with van der Waals surface area (Å²) in [5.41, 5.74) is 5.58. The fourth-order valence-electron chi connectivity index (χ4n) is 1.73. The molecular formula is C14H14F3NO2. The summed E-state index contributed by atoms with van der Waals surface area (Å²) in [6.07, 6.45) is -4.34. The molecule has 6 heteroatoms. The highest BCUT2D eigenvalue weighted by molar-refractivity contribution is 5.29. The zero-order chi connectivity index (χ0) is 14.8.